The molecule has 0 unspecified atom stereocenters. The molecule has 6 nitrogen and oxygen atoms in total. The third-order valence-corrected chi connectivity index (χ3v) is 6.97. The number of hydrogen-bond acceptors (Lipinski definition) is 6. The lowest BCUT2D eigenvalue weighted by atomic mass is 10.0. The Morgan fingerprint density at radius 1 is 0.850 bits per heavy atom. The summed E-state index contributed by atoms with van der Waals surface area (Å²) < 4.78 is 49.6. The van der Waals surface area contributed by atoms with Crippen molar-refractivity contribution in [2.75, 3.05) is 53.6 Å². The lowest BCUT2D eigenvalue weighted by Crippen LogP contribution is -2.47. The van der Waals surface area contributed by atoms with E-state index in [1.165, 1.54) is 12.1 Å². The van der Waals surface area contributed by atoms with Gasteiger partial charge in [-0.25, -0.2) is 0 Å². The van der Waals surface area contributed by atoms with E-state index in [-0.39, 0.29) is 13.2 Å². The fourth-order valence-corrected chi connectivity index (χ4v) is 4.41. The number of oxime groups is 1. The van der Waals surface area contributed by atoms with E-state index in [9.17, 15) is 13.2 Å². The van der Waals surface area contributed by atoms with Crippen LogP contribution in [0, 0.1) is 0 Å². The number of halogens is 3. The standard InChI is InChI=1S/C30H32F3N3O3S/c1-35-15-17-36(18-16-35)29(40)21-38-27-13-9-25(10-14-27)28(20-37-2)34-39-19-22-3-5-23(6-4-22)24-7-11-26(12-8-24)30(31,32)33/h3-14H,15-21H2,1-2H3. The molecule has 1 fully saturated rings. The minimum atomic E-state index is -4.35. The zero-order chi connectivity index (χ0) is 28.5. The highest BCUT2D eigenvalue weighted by Gasteiger charge is 2.30. The molecule has 0 aromatic heterocycles. The molecule has 0 aliphatic carbocycles. The third-order valence-electron chi connectivity index (χ3n) is 6.59. The molecular weight excluding hydrogens is 539 g/mol. The van der Waals surface area contributed by atoms with E-state index in [0.29, 0.717) is 23.6 Å². The molecule has 3 aromatic carbocycles. The van der Waals surface area contributed by atoms with Gasteiger partial charge in [0, 0.05) is 38.9 Å². The first-order valence-corrected chi connectivity index (χ1v) is 13.3. The van der Waals surface area contributed by atoms with Gasteiger partial charge >= 0.3 is 6.18 Å². The molecule has 1 aliphatic heterocycles. The summed E-state index contributed by atoms with van der Waals surface area (Å²) in [5.74, 6) is 0.714. The van der Waals surface area contributed by atoms with Gasteiger partial charge in [0.2, 0.25) is 0 Å². The zero-order valence-corrected chi connectivity index (χ0v) is 23.3. The van der Waals surface area contributed by atoms with E-state index in [1.54, 1.807) is 7.11 Å². The van der Waals surface area contributed by atoms with Crippen LogP contribution in [0.2, 0.25) is 0 Å². The van der Waals surface area contributed by atoms with Gasteiger partial charge in [-0.2, -0.15) is 13.2 Å². The second-order valence-electron chi connectivity index (χ2n) is 9.51. The molecule has 0 spiro atoms. The van der Waals surface area contributed by atoms with Crippen LogP contribution in [0.1, 0.15) is 16.7 Å². The molecule has 212 valence electrons. The summed E-state index contributed by atoms with van der Waals surface area (Å²) in [5.41, 5.74) is 3.19. The van der Waals surface area contributed by atoms with Gasteiger partial charge < -0.3 is 24.1 Å². The SMILES string of the molecule is COCC(=NOCc1ccc(-c2ccc(C(F)(F)F)cc2)cc1)c1ccc(OCC(=S)N2CCN(C)CC2)cc1. The van der Waals surface area contributed by atoms with Gasteiger partial charge in [-0.15, -0.1) is 0 Å². The topological polar surface area (TPSA) is 46.5 Å². The quantitative estimate of drug-likeness (QED) is 0.172. The van der Waals surface area contributed by atoms with Gasteiger partial charge in [-0.1, -0.05) is 53.8 Å². The van der Waals surface area contributed by atoms with E-state index in [1.807, 2.05) is 48.5 Å². The second-order valence-corrected chi connectivity index (χ2v) is 9.98. The van der Waals surface area contributed by atoms with Crippen LogP contribution in [-0.4, -0.2) is 74.1 Å². The minimum absolute atomic E-state index is 0.228. The molecule has 1 saturated heterocycles. The van der Waals surface area contributed by atoms with Crippen molar-refractivity contribution >= 4 is 22.9 Å². The van der Waals surface area contributed by atoms with Crippen molar-refractivity contribution in [3.63, 3.8) is 0 Å². The summed E-state index contributed by atoms with van der Waals surface area (Å²) in [4.78, 5) is 10.9. The molecule has 0 bridgehead atoms. The molecule has 1 heterocycles. The van der Waals surface area contributed by atoms with E-state index < -0.39 is 11.7 Å². The Hall–Kier alpha value is -3.47. The second kappa shape index (κ2) is 13.7. The largest absolute Gasteiger partial charge is 0.486 e. The maximum absolute atomic E-state index is 12.8. The van der Waals surface area contributed by atoms with Crippen molar-refractivity contribution in [1.29, 1.82) is 0 Å². The van der Waals surface area contributed by atoms with Crippen molar-refractivity contribution in [2.45, 2.75) is 12.8 Å². The number of likely N-dealkylation sites (N-methyl/N-ethyl adjacent to an activating group) is 1. The summed E-state index contributed by atoms with van der Waals surface area (Å²) in [7, 11) is 3.70. The number of rotatable bonds is 10. The third kappa shape index (κ3) is 8.27. The first-order chi connectivity index (χ1) is 19.2. The minimum Gasteiger partial charge on any atom is -0.486 e. The summed E-state index contributed by atoms with van der Waals surface area (Å²) in [6.07, 6.45) is -4.35. The molecule has 0 saturated carbocycles. The first kappa shape index (κ1) is 29.5. The Labute approximate surface area is 237 Å². The Kier molecular flexibility index (Phi) is 10.1. The Morgan fingerprint density at radius 2 is 1.45 bits per heavy atom. The maximum Gasteiger partial charge on any atom is 0.416 e. The number of thiocarbonyl (C=S) groups is 1. The molecule has 3 aromatic rings. The van der Waals surface area contributed by atoms with Crippen LogP contribution in [0.5, 0.6) is 5.75 Å². The summed E-state index contributed by atoms with van der Waals surface area (Å²) in [6.45, 7) is 4.67. The average molecular weight is 572 g/mol. The van der Waals surface area contributed by atoms with Gasteiger partial charge in [0.15, 0.2) is 0 Å². The fraction of sp³-hybridized carbons (Fsp3) is 0.333. The predicted molar refractivity (Wildman–Crippen MR) is 154 cm³/mol. The van der Waals surface area contributed by atoms with Gasteiger partial charge in [0.25, 0.3) is 0 Å². The van der Waals surface area contributed by atoms with Crippen LogP contribution >= 0.6 is 12.2 Å². The summed E-state index contributed by atoms with van der Waals surface area (Å²) in [6, 6.07) is 20.0. The smallest absolute Gasteiger partial charge is 0.416 e. The van der Waals surface area contributed by atoms with E-state index in [2.05, 4.69) is 22.0 Å². The Bertz CT molecular complexity index is 1270. The average Bonchev–Trinajstić information content (AvgIpc) is 2.96. The number of piperazine rings is 1. The van der Waals surface area contributed by atoms with Gasteiger partial charge in [-0.05, 0) is 60.1 Å². The summed E-state index contributed by atoms with van der Waals surface area (Å²) >= 11 is 5.54. The van der Waals surface area contributed by atoms with Crippen molar-refractivity contribution in [3.05, 3.63) is 89.5 Å². The maximum atomic E-state index is 12.8. The molecule has 10 heteroatoms. The summed E-state index contributed by atoms with van der Waals surface area (Å²) in [5, 5.41) is 4.28. The monoisotopic (exact) mass is 571 g/mol. The van der Waals surface area contributed by atoms with Crippen molar-refractivity contribution in [3.8, 4) is 16.9 Å². The van der Waals surface area contributed by atoms with Crippen molar-refractivity contribution < 1.29 is 27.5 Å². The lowest BCUT2D eigenvalue weighted by Gasteiger charge is -2.34. The molecule has 4 rings (SSSR count). The number of methoxy groups -OCH3 is 1. The molecule has 0 radical (unpaired) electrons. The van der Waals surface area contributed by atoms with Crippen molar-refractivity contribution in [1.82, 2.24) is 9.80 Å². The number of alkyl halides is 3. The van der Waals surface area contributed by atoms with Crippen LogP contribution in [0.3, 0.4) is 0 Å². The van der Waals surface area contributed by atoms with Crippen LogP contribution in [0.25, 0.3) is 11.1 Å². The molecular formula is C30H32F3N3O3S. The van der Waals surface area contributed by atoms with E-state index >= 15 is 0 Å². The number of hydrogen-bond donors (Lipinski definition) is 0. The van der Waals surface area contributed by atoms with Gasteiger partial charge in [0.05, 0.1) is 12.2 Å². The number of ether oxygens (including phenoxy) is 2. The van der Waals surface area contributed by atoms with Crippen LogP contribution < -0.4 is 4.74 Å². The predicted octanol–water partition coefficient (Wildman–Crippen LogP) is 5.89. The normalized spacial score (nSPS) is 14.7. The number of nitrogens with zero attached hydrogens (tertiary/aromatic N) is 3. The highest BCUT2D eigenvalue weighted by atomic mass is 32.1. The first-order valence-electron chi connectivity index (χ1n) is 12.9. The zero-order valence-electron chi connectivity index (χ0n) is 22.5. The molecule has 0 atom stereocenters. The van der Waals surface area contributed by atoms with Crippen LogP contribution in [0.4, 0.5) is 13.2 Å². The van der Waals surface area contributed by atoms with Gasteiger partial charge in [-0.3, -0.25) is 0 Å². The van der Waals surface area contributed by atoms with E-state index in [4.69, 9.17) is 26.5 Å². The number of benzene rings is 3. The van der Waals surface area contributed by atoms with Crippen LogP contribution in [0.15, 0.2) is 78.0 Å². The Balaban J connectivity index is 1.30. The van der Waals surface area contributed by atoms with E-state index in [0.717, 1.165) is 60.0 Å². The van der Waals surface area contributed by atoms with Gasteiger partial charge in [0.1, 0.15) is 29.7 Å². The highest BCUT2D eigenvalue weighted by Crippen LogP contribution is 2.31. The highest BCUT2D eigenvalue weighted by molar-refractivity contribution is 7.80. The lowest BCUT2D eigenvalue weighted by molar-refractivity contribution is -0.137. The molecule has 0 N–H and O–H groups in total. The van der Waals surface area contributed by atoms with Crippen LogP contribution in [-0.2, 0) is 22.4 Å². The molecule has 0 amide bonds. The van der Waals surface area contributed by atoms with Crippen molar-refractivity contribution in [2.24, 2.45) is 5.16 Å². The fourth-order valence-electron chi connectivity index (χ4n) is 4.16. The molecule has 40 heavy (non-hydrogen) atoms. The Morgan fingerprint density at radius 3 is 2.02 bits per heavy atom. The molecule has 1 aliphatic rings.